The molecule has 1 aromatic heterocycles. The lowest BCUT2D eigenvalue weighted by molar-refractivity contribution is 0.549. The van der Waals surface area contributed by atoms with Gasteiger partial charge in [0.2, 0.25) is 0 Å². The second-order valence-electron chi connectivity index (χ2n) is 4.77. The number of nitrogens with zero attached hydrogens (tertiary/aromatic N) is 1. The Hall–Kier alpha value is -0.460. The van der Waals surface area contributed by atoms with Crippen LogP contribution in [0.1, 0.15) is 35.6 Å². The van der Waals surface area contributed by atoms with Crippen molar-refractivity contribution in [2.75, 3.05) is 11.5 Å². The van der Waals surface area contributed by atoms with Gasteiger partial charge in [0.15, 0.2) is 0 Å². The number of hydrogen-bond donors (Lipinski definition) is 1. The first-order chi connectivity index (χ1) is 7.96. The summed E-state index contributed by atoms with van der Waals surface area (Å²) in [6, 6.07) is 0.148. The van der Waals surface area contributed by atoms with Crippen LogP contribution in [0.3, 0.4) is 0 Å². The summed E-state index contributed by atoms with van der Waals surface area (Å²) in [6.45, 7) is 1.98. The molecule has 0 spiro atoms. The lowest BCUT2D eigenvalue weighted by atomic mass is 10.0. The molecule has 2 N–H and O–H groups in total. The second-order valence-corrected chi connectivity index (χ2v) is 8.22. The van der Waals surface area contributed by atoms with Crippen LogP contribution >= 0.6 is 11.3 Å². The number of nitrogens with two attached hydrogens (primary N) is 1. The van der Waals surface area contributed by atoms with E-state index >= 15 is 0 Å². The Bertz CT molecular complexity index is 465. The highest BCUT2D eigenvalue weighted by atomic mass is 32.2. The minimum Gasteiger partial charge on any atom is -0.328 e. The molecule has 0 aromatic carbocycles. The van der Waals surface area contributed by atoms with E-state index in [9.17, 15) is 8.42 Å². The molecule has 1 unspecified atom stereocenters. The van der Waals surface area contributed by atoms with Gasteiger partial charge in [0.05, 0.1) is 16.5 Å². The molecule has 4 nitrogen and oxygen atoms in total. The standard InChI is InChI=1S/C11H18N2O2S2/c1-8(12)6-10-7-13-11(16-10)9-2-4-17(14,15)5-3-9/h7-9H,2-6,12H2,1H3. The first-order valence-electron chi connectivity index (χ1n) is 5.87. The maximum Gasteiger partial charge on any atom is 0.150 e. The average molecular weight is 274 g/mol. The highest BCUT2D eigenvalue weighted by molar-refractivity contribution is 7.91. The Morgan fingerprint density at radius 3 is 2.76 bits per heavy atom. The van der Waals surface area contributed by atoms with Gasteiger partial charge in [-0.1, -0.05) is 0 Å². The summed E-state index contributed by atoms with van der Waals surface area (Å²) in [4.78, 5) is 5.61. The zero-order valence-electron chi connectivity index (χ0n) is 9.93. The van der Waals surface area contributed by atoms with Gasteiger partial charge in [0, 0.05) is 23.0 Å². The van der Waals surface area contributed by atoms with Crippen molar-refractivity contribution in [3.8, 4) is 0 Å². The summed E-state index contributed by atoms with van der Waals surface area (Å²) in [7, 11) is -2.78. The van der Waals surface area contributed by atoms with Crippen molar-refractivity contribution in [3.05, 3.63) is 16.1 Å². The molecule has 2 rings (SSSR count). The minimum absolute atomic E-state index is 0.148. The van der Waals surface area contributed by atoms with Gasteiger partial charge >= 0.3 is 0 Å². The molecule has 1 atom stereocenters. The van der Waals surface area contributed by atoms with Crippen LogP contribution in [0.5, 0.6) is 0 Å². The van der Waals surface area contributed by atoms with Crippen LogP contribution in [0.4, 0.5) is 0 Å². The van der Waals surface area contributed by atoms with Gasteiger partial charge < -0.3 is 5.73 Å². The van der Waals surface area contributed by atoms with E-state index in [1.807, 2.05) is 13.1 Å². The zero-order chi connectivity index (χ0) is 12.5. The summed E-state index contributed by atoms with van der Waals surface area (Å²) in [6.07, 6.45) is 4.16. The Morgan fingerprint density at radius 1 is 1.53 bits per heavy atom. The van der Waals surface area contributed by atoms with Crippen molar-refractivity contribution in [3.63, 3.8) is 0 Å². The Balaban J connectivity index is 2.01. The van der Waals surface area contributed by atoms with Gasteiger partial charge in [0.1, 0.15) is 9.84 Å². The molecule has 0 radical (unpaired) electrons. The lowest BCUT2D eigenvalue weighted by Crippen LogP contribution is -2.21. The Morgan fingerprint density at radius 2 is 2.18 bits per heavy atom. The van der Waals surface area contributed by atoms with Crippen molar-refractivity contribution >= 4 is 21.2 Å². The Labute approximate surface area is 106 Å². The van der Waals surface area contributed by atoms with Crippen molar-refractivity contribution in [1.29, 1.82) is 0 Å². The third-order valence-electron chi connectivity index (χ3n) is 3.00. The number of rotatable bonds is 3. The number of aromatic nitrogens is 1. The van der Waals surface area contributed by atoms with Gasteiger partial charge in [-0.3, -0.25) is 0 Å². The van der Waals surface area contributed by atoms with Gasteiger partial charge in [-0.25, -0.2) is 13.4 Å². The maximum atomic E-state index is 11.3. The lowest BCUT2D eigenvalue weighted by Gasteiger charge is -2.19. The third-order valence-corrected chi connectivity index (χ3v) is 5.90. The van der Waals surface area contributed by atoms with E-state index in [0.29, 0.717) is 30.3 Å². The first-order valence-corrected chi connectivity index (χ1v) is 8.50. The zero-order valence-corrected chi connectivity index (χ0v) is 11.6. The monoisotopic (exact) mass is 274 g/mol. The molecule has 1 aliphatic heterocycles. The van der Waals surface area contributed by atoms with Crippen molar-refractivity contribution in [1.82, 2.24) is 4.98 Å². The van der Waals surface area contributed by atoms with Crippen LogP contribution in [0.25, 0.3) is 0 Å². The number of sulfone groups is 1. The fourth-order valence-electron chi connectivity index (χ4n) is 2.06. The summed E-state index contributed by atoms with van der Waals surface area (Å²) in [5, 5.41) is 1.08. The molecule has 0 amide bonds. The van der Waals surface area contributed by atoms with E-state index in [-0.39, 0.29) is 6.04 Å². The van der Waals surface area contributed by atoms with Crippen LogP contribution in [0.2, 0.25) is 0 Å². The molecule has 2 heterocycles. The molecule has 6 heteroatoms. The first kappa shape index (κ1) is 13.0. The van der Waals surface area contributed by atoms with Crippen molar-refractivity contribution < 1.29 is 8.42 Å². The van der Waals surface area contributed by atoms with Crippen LogP contribution in [-0.2, 0) is 16.3 Å². The number of thiazole rings is 1. The van der Waals surface area contributed by atoms with E-state index < -0.39 is 9.84 Å². The SMILES string of the molecule is CC(N)Cc1cnc(C2CCS(=O)(=O)CC2)s1. The predicted molar refractivity (Wildman–Crippen MR) is 70.1 cm³/mol. The van der Waals surface area contributed by atoms with Crippen LogP contribution in [0.15, 0.2) is 6.20 Å². The molecule has 0 aliphatic carbocycles. The highest BCUT2D eigenvalue weighted by Gasteiger charge is 2.26. The van der Waals surface area contributed by atoms with E-state index in [1.54, 1.807) is 11.3 Å². The predicted octanol–water partition coefficient (Wildman–Crippen LogP) is 1.32. The molecular formula is C11H18N2O2S2. The maximum absolute atomic E-state index is 11.3. The summed E-state index contributed by atoms with van der Waals surface area (Å²) in [5.74, 6) is 0.935. The molecule has 17 heavy (non-hydrogen) atoms. The second kappa shape index (κ2) is 5.04. The van der Waals surface area contributed by atoms with Gasteiger partial charge in [0.25, 0.3) is 0 Å². The van der Waals surface area contributed by atoms with E-state index in [1.165, 1.54) is 4.88 Å². The highest BCUT2D eigenvalue weighted by Crippen LogP contribution is 2.32. The number of hydrogen-bond acceptors (Lipinski definition) is 5. The molecule has 0 saturated carbocycles. The minimum atomic E-state index is -2.78. The Kier molecular flexibility index (Phi) is 3.85. The fraction of sp³-hybridized carbons (Fsp3) is 0.727. The topological polar surface area (TPSA) is 73.0 Å². The van der Waals surface area contributed by atoms with Crippen molar-refractivity contribution in [2.24, 2.45) is 5.73 Å². The average Bonchev–Trinajstić information content (AvgIpc) is 2.65. The van der Waals surface area contributed by atoms with E-state index in [0.717, 1.165) is 11.4 Å². The molecule has 1 aromatic rings. The van der Waals surface area contributed by atoms with Gasteiger partial charge in [-0.15, -0.1) is 11.3 Å². The fourth-order valence-corrected chi connectivity index (χ4v) is 4.78. The van der Waals surface area contributed by atoms with E-state index in [4.69, 9.17) is 5.73 Å². The van der Waals surface area contributed by atoms with E-state index in [2.05, 4.69) is 4.98 Å². The molecule has 1 saturated heterocycles. The normalized spacial score (nSPS) is 22.5. The molecule has 0 bridgehead atoms. The largest absolute Gasteiger partial charge is 0.328 e. The van der Waals surface area contributed by atoms with Gasteiger partial charge in [-0.05, 0) is 26.2 Å². The van der Waals surface area contributed by atoms with Crippen molar-refractivity contribution in [2.45, 2.75) is 38.1 Å². The van der Waals surface area contributed by atoms with Crippen LogP contribution in [0, 0.1) is 0 Å². The van der Waals surface area contributed by atoms with Gasteiger partial charge in [-0.2, -0.15) is 0 Å². The molecular weight excluding hydrogens is 256 g/mol. The molecule has 96 valence electrons. The smallest absolute Gasteiger partial charge is 0.150 e. The summed E-state index contributed by atoms with van der Waals surface area (Å²) < 4.78 is 22.7. The molecule has 1 aliphatic rings. The van der Waals surface area contributed by atoms with Crippen LogP contribution in [-0.4, -0.2) is 30.9 Å². The summed E-state index contributed by atoms with van der Waals surface area (Å²) >= 11 is 1.68. The molecule has 1 fully saturated rings. The quantitative estimate of drug-likeness (QED) is 0.902. The third kappa shape index (κ3) is 3.50. The van der Waals surface area contributed by atoms with Crippen LogP contribution < -0.4 is 5.73 Å². The summed E-state index contributed by atoms with van der Waals surface area (Å²) in [5.41, 5.74) is 5.75.